The molecule has 2 amide bonds. The van der Waals surface area contributed by atoms with Gasteiger partial charge in [0.1, 0.15) is 0 Å². The molecule has 0 unspecified atom stereocenters. The van der Waals surface area contributed by atoms with Crippen LogP contribution in [0.25, 0.3) is 0 Å². The summed E-state index contributed by atoms with van der Waals surface area (Å²) in [4.78, 5) is 26.7. The quantitative estimate of drug-likeness (QED) is 0.617. The van der Waals surface area contributed by atoms with E-state index in [2.05, 4.69) is 10.6 Å². The fourth-order valence-corrected chi connectivity index (χ4v) is 2.77. The highest BCUT2D eigenvalue weighted by Gasteiger charge is 2.17. The molecule has 2 aromatic carbocycles. The maximum atomic E-state index is 12.6. The van der Waals surface area contributed by atoms with E-state index >= 15 is 0 Å². The molecule has 2 aromatic rings. The highest BCUT2D eigenvalue weighted by atomic mass is 16.5. The number of amides is 2. The minimum absolute atomic E-state index is 0.121. The molecule has 0 aliphatic rings. The molecule has 0 heterocycles. The Morgan fingerprint density at radius 2 is 1.40 bits per heavy atom. The lowest BCUT2D eigenvalue weighted by molar-refractivity contribution is 0.0941. The molecule has 162 valence electrons. The van der Waals surface area contributed by atoms with Gasteiger partial charge in [0, 0.05) is 30.8 Å². The van der Waals surface area contributed by atoms with Gasteiger partial charge < -0.3 is 29.7 Å². The minimum atomic E-state index is -0.278. The van der Waals surface area contributed by atoms with Crippen LogP contribution in [0.5, 0.6) is 17.2 Å². The average molecular weight is 415 g/mol. The number of hydrogen-bond donors (Lipinski definition) is 2. The summed E-state index contributed by atoms with van der Waals surface area (Å²) in [6.45, 7) is 1.67. The van der Waals surface area contributed by atoms with Gasteiger partial charge in [-0.25, -0.2) is 0 Å². The number of carbonyl (C=O) groups is 2. The van der Waals surface area contributed by atoms with Gasteiger partial charge in [0.05, 0.1) is 21.3 Å². The monoisotopic (exact) mass is 415 g/mol. The van der Waals surface area contributed by atoms with E-state index in [1.165, 1.54) is 21.3 Å². The molecule has 2 N–H and O–H groups in total. The first-order chi connectivity index (χ1) is 14.4. The first-order valence-corrected chi connectivity index (χ1v) is 9.49. The Morgan fingerprint density at radius 1 is 0.833 bits per heavy atom. The lowest BCUT2D eigenvalue weighted by Gasteiger charge is -2.14. The molecule has 2 rings (SSSR count). The van der Waals surface area contributed by atoms with Gasteiger partial charge >= 0.3 is 0 Å². The standard InChI is InChI=1S/C22H29N3O5/c1-25(2)11-10-23-21(26)16-8-6-15(7-9-16)14-24-22(27)17-12-18(28-3)20(30-5)19(13-17)29-4/h6-9,12-13H,10-11,14H2,1-5H3,(H,23,26)(H,24,27). The number of carbonyl (C=O) groups excluding carboxylic acids is 2. The normalized spacial score (nSPS) is 10.5. The molecule has 0 saturated heterocycles. The largest absolute Gasteiger partial charge is 0.493 e. The van der Waals surface area contributed by atoms with E-state index < -0.39 is 0 Å². The number of ether oxygens (including phenoxy) is 3. The van der Waals surface area contributed by atoms with Crippen LogP contribution in [0.3, 0.4) is 0 Å². The second-order valence-electron chi connectivity index (χ2n) is 6.85. The second kappa shape index (κ2) is 11.1. The van der Waals surface area contributed by atoms with Gasteiger partial charge in [-0.05, 0) is 43.9 Å². The summed E-state index contributed by atoms with van der Waals surface area (Å²) in [5, 5.41) is 5.72. The molecular weight excluding hydrogens is 386 g/mol. The molecule has 0 bridgehead atoms. The van der Waals surface area contributed by atoms with E-state index in [9.17, 15) is 9.59 Å². The third-order valence-corrected chi connectivity index (χ3v) is 4.44. The van der Waals surface area contributed by atoms with Crippen molar-refractivity contribution >= 4 is 11.8 Å². The smallest absolute Gasteiger partial charge is 0.251 e. The Kier molecular flexibility index (Phi) is 8.49. The fraction of sp³-hybridized carbons (Fsp3) is 0.364. The predicted octanol–water partition coefficient (Wildman–Crippen LogP) is 1.93. The zero-order valence-corrected chi connectivity index (χ0v) is 18.1. The molecule has 0 radical (unpaired) electrons. The minimum Gasteiger partial charge on any atom is -0.493 e. The van der Waals surface area contributed by atoms with Crippen molar-refractivity contribution in [2.24, 2.45) is 0 Å². The van der Waals surface area contributed by atoms with Crippen molar-refractivity contribution in [3.63, 3.8) is 0 Å². The lowest BCUT2D eigenvalue weighted by atomic mass is 10.1. The van der Waals surface area contributed by atoms with Gasteiger partial charge in [0.25, 0.3) is 11.8 Å². The van der Waals surface area contributed by atoms with Crippen LogP contribution in [0, 0.1) is 0 Å². The lowest BCUT2D eigenvalue weighted by Crippen LogP contribution is -2.31. The molecule has 8 nitrogen and oxygen atoms in total. The zero-order chi connectivity index (χ0) is 22.1. The van der Waals surface area contributed by atoms with E-state index in [4.69, 9.17) is 14.2 Å². The van der Waals surface area contributed by atoms with E-state index in [0.29, 0.717) is 41.5 Å². The number of rotatable bonds is 10. The van der Waals surface area contributed by atoms with Crippen LogP contribution in [0.2, 0.25) is 0 Å². The number of benzene rings is 2. The molecule has 8 heteroatoms. The van der Waals surface area contributed by atoms with Crippen LogP contribution < -0.4 is 24.8 Å². The van der Waals surface area contributed by atoms with Crippen molar-refractivity contribution in [3.8, 4) is 17.2 Å². The molecule has 0 atom stereocenters. The highest BCUT2D eigenvalue weighted by molar-refractivity contribution is 5.96. The number of nitrogens with one attached hydrogen (secondary N) is 2. The summed E-state index contributed by atoms with van der Waals surface area (Å²) in [6, 6.07) is 10.3. The van der Waals surface area contributed by atoms with E-state index in [-0.39, 0.29) is 11.8 Å². The van der Waals surface area contributed by atoms with Crippen molar-refractivity contribution in [2.45, 2.75) is 6.54 Å². The molecule has 0 saturated carbocycles. The van der Waals surface area contributed by atoms with E-state index in [1.807, 2.05) is 31.1 Å². The Bertz CT molecular complexity index is 841. The zero-order valence-electron chi connectivity index (χ0n) is 18.1. The molecule has 0 aromatic heterocycles. The highest BCUT2D eigenvalue weighted by Crippen LogP contribution is 2.38. The summed E-state index contributed by atoms with van der Waals surface area (Å²) in [7, 11) is 8.40. The van der Waals surface area contributed by atoms with Crippen LogP contribution in [0.1, 0.15) is 26.3 Å². The van der Waals surface area contributed by atoms with Crippen molar-refractivity contribution < 1.29 is 23.8 Å². The molecule has 0 spiro atoms. The Morgan fingerprint density at radius 3 is 1.90 bits per heavy atom. The second-order valence-corrected chi connectivity index (χ2v) is 6.85. The van der Waals surface area contributed by atoms with Crippen LogP contribution in [-0.4, -0.2) is 65.2 Å². The summed E-state index contributed by atoms with van der Waals surface area (Å²) in [5.74, 6) is 0.846. The molecular formula is C22H29N3O5. The van der Waals surface area contributed by atoms with Gasteiger partial charge in [-0.2, -0.15) is 0 Å². The van der Waals surface area contributed by atoms with E-state index in [0.717, 1.165) is 12.1 Å². The van der Waals surface area contributed by atoms with Crippen molar-refractivity contribution in [1.29, 1.82) is 0 Å². The molecule has 0 aliphatic heterocycles. The van der Waals surface area contributed by atoms with Gasteiger partial charge in [-0.3, -0.25) is 9.59 Å². The SMILES string of the molecule is COc1cc(C(=O)NCc2ccc(C(=O)NCCN(C)C)cc2)cc(OC)c1OC. The van der Waals surface area contributed by atoms with Crippen LogP contribution in [-0.2, 0) is 6.54 Å². The molecule has 30 heavy (non-hydrogen) atoms. The third-order valence-electron chi connectivity index (χ3n) is 4.44. The Hall–Kier alpha value is -3.26. The predicted molar refractivity (Wildman–Crippen MR) is 115 cm³/mol. The van der Waals surface area contributed by atoms with Gasteiger partial charge in [0.2, 0.25) is 5.75 Å². The van der Waals surface area contributed by atoms with Crippen molar-refractivity contribution in [3.05, 3.63) is 53.1 Å². The van der Waals surface area contributed by atoms with Gasteiger partial charge in [-0.1, -0.05) is 12.1 Å². The summed E-state index contributed by atoms with van der Waals surface area (Å²) in [5.41, 5.74) is 1.84. The number of methoxy groups -OCH3 is 3. The van der Waals surface area contributed by atoms with Crippen molar-refractivity contribution in [1.82, 2.24) is 15.5 Å². The first kappa shape index (κ1) is 23.0. The Labute approximate surface area is 177 Å². The van der Waals surface area contributed by atoms with Crippen LogP contribution >= 0.6 is 0 Å². The summed E-state index contributed by atoms with van der Waals surface area (Å²) >= 11 is 0. The number of hydrogen-bond acceptors (Lipinski definition) is 6. The fourth-order valence-electron chi connectivity index (χ4n) is 2.77. The van der Waals surface area contributed by atoms with Crippen molar-refractivity contribution in [2.75, 3.05) is 48.5 Å². The van der Waals surface area contributed by atoms with Crippen LogP contribution in [0.15, 0.2) is 36.4 Å². The summed E-state index contributed by atoms with van der Waals surface area (Å²) < 4.78 is 15.8. The summed E-state index contributed by atoms with van der Waals surface area (Å²) in [6.07, 6.45) is 0. The van der Waals surface area contributed by atoms with Gasteiger partial charge in [0.15, 0.2) is 11.5 Å². The average Bonchev–Trinajstić information content (AvgIpc) is 2.76. The maximum absolute atomic E-state index is 12.6. The van der Waals surface area contributed by atoms with E-state index in [1.54, 1.807) is 24.3 Å². The first-order valence-electron chi connectivity index (χ1n) is 9.49. The number of likely N-dealkylation sites (N-methyl/N-ethyl adjacent to an activating group) is 1. The molecule has 0 aliphatic carbocycles. The van der Waals surface area contributed by atoms with Gasteiger partial charge in [-0.15, -0.1) is 0 Å². The number of nitrogens with zero attached hydrogens (tertiary/aromatic N) is 1. The maximum Gasteiger partial charge on any atom is 0.251 e. The molecule has 0 fully saturated rings. The topological polar surface area (TPSA) is 89.1 Å². The third kappa shape index (κ3) is 6.12. The van der Waals surface area contributed by atoms with Crippen LogP contribution in [0.4, 0.5) is 0 Å². The Balaban J connectivity index is 1.99.